The molecule has 0 unspecified atom stereocenters. The molecule has 0 bridgehead atoms. The molecule has 0 amide bonds. The van der Waals surface area contributed by atoms with E-state index in [9.17, 15) is 0 Å². The third-order valence-corrected chi connectivity index (χ3v) is 2.56. The van der Waals surface area contributed by atoms with Crippen molar-refractivity contribution in [2.45, 2.75) is 13.3 Å². The molecule has 0 fully saturated rings. The van der Waals surface area contributed by atoms with Crippen molar-refractivity contribution in [1.82, 2.24) is 4.98 Å². The van der Waals surface area contributed by atoms with Gasteiger partial charge < -0.3 is 16.5 Å². The highest BCUT2D eigenvalue weighted by Gasteiger charge is 2.03. The number of aromatic amines is 1. The van der Waals surface area contributed by atoms with E-state index in [4.69, 9.17) is 11.5 Å². The maximum atomic E-state index is 5.89. The summed E-state index contributed by atoms with van der Waals surface area (Å²) in [5, 5.41) is 0. The van der Waals surface area contributed by atoms with Gasteiger partial charge in [0.2, 0.25) is 0 Å². The molecule has 0 aliphatic heterocycles. The van der Waals surface area contributed by atoms with E-state index in [1.165, 1.54) is 5.56 Å². The van der Waals surface area contributed by atoms with Crippen LogP contribution >= 0.6 is 0 Å². The first-order chi connectivity index (χ1) is 8.15. The van der Waals surface area contributed by atoms with E-state index in [1.54, 1.807) is 0 Å². The number of nitrogen functional groups attached to an aromatic ring is 1. The fraction of sp³-hybridized carbons (Fsp3) is 0.143. The molecule has 2 aromatic rings. The van der Waals surface area contributed by atoms with E-state index < -0.39 is 0 Å². The Kier molecular flexibility index (Phi) is 3.19. The number of hydrogen-bond acceptors (Lipinski definition) is 2. The molecule has 0 saturated carbocycles. The standard InChI is InChI=1S/C14H17N3/c1-10(15)7-12-9-13(17-14(12)16)8-11-5-3-2-4-6-11/h2-7,9,17H,8,15-16H2,1H3/b10-7-. The van der Waals surface area contributed by atoms with Crippen LogP contribution < -0.4 is 11.5 Å². The molecule has 0 atom stereocenters. The molecule has 88 valence electrons. The molecule has 0 saturated heterocycles. The molecular weight excluding hydrogens is 210 g/mol. The fourth-order valence-electron chi connectivity index (χ4n) is 1.82. The highest BCUT2D eigenvalue weighted by Crippen LogP contribution is 2.18. The predicted octanol–water partition coefficient (Wildman–Crippen LogP) is 2.51. The highest BCUT2D eigenvalue weighted by molar-refractivity contribution is 5.64. The van der Waals surface area contributed by atoms with Gasteiger partial charge >= 0.3 is 0 Å². The fourth-order valence-corrected chi connectivity index (χ4v) is 1.82. The lowest BCUT2D eigenvalue weighted by Gasteiger charge is -1.97. The smallest absolute Gasteiger partial charge is 0.108 e. The summed E-state index contributed by atoms with van der Waals surface area (Å²) in [6.45, 7) is 1.85. The normalized spacial score (nSPS) is 11.7. The second-order valence-corrected chi connectivity index (χ2v) is 4.21. The minimum absolute atomic E-state index is 0.667. The highest BCUT2D eigenvalue weighted by atomic mass is 14.9. The zero-order valence-electron chi connectivity index (χ0n) is 9.90. The third-order valence-electron chi connectivity index (χ3n) is 2.56. The number of allylic oxidation sites excluding steroid dienone is 1. The average Bonchev–Trinajstić information content (AvgIpc) is 2.59. The molecular formula is C14H17N3. The summed E-state index contributed by atoms with van der Waals surface area (Å²) in [7, 11) is 0. The Hall–Kier alpha value is -2.16. The van der Waals surface area contributed by atoms with Crippen molar-refractivity contribution in [3.05, 3.63) is 58.9 Å². The van der Waals surface area contributed by atoms with Crippen LogP contribution in [-0.2, 0) is 6.42 Å². The van der Waals surface area contributed by atoms with Crippen LogP contribution in [0.1, 0.15) is 23.7 Å². The van der Waals surface area contributed by atoms with Crippen LogP contribution in [0.25, 0.3) is 6.08 Å². The summed E-state index contributed by atoms with van der Waals surface area (Å²) in [4.78, 5) is 3.18. The van der Waals surface area contributed by atoms with Gasteiger partial charge in [0, 0.05) is 23.4 Å². The SMILES string of the molecule is C/C(N)=C/c1cc(Cc2ccccc2)[nH]c1N. The quantitative estimate of drug-likeness (QED) is 0.754. The molecule has 0 aliphatic rings. The number of benzene rings is 1. The van der Waals surface area contributed by atoms with Gasteiger partial charge in [0.1, 0.15) is 5.82 Å². The van der Waals surface area contributed by atoms with Crippen LogP contribution in [0.5, 0.6) is 0 Å². The van der Waals surface area contributed by atoms with Crippen molar-refractivity contribution in [3.8, 4) is 0 Å². The number of nitrogens with one attached hydrogen (secondary N) is 1. The van der Waals surface area contributed by atoms with Gasteiger partial charge in [0.05, 0.1) is 0 Å². The van der Waals surface area contributed by atoms with Crippen molar-refractivity contribution >= 4 is 11.9 Å². The molecule has 17 heavy (non-hydrogen) atoms. The summed E-state index contributed by atoms with van der Waals surface area (Å²) in [6, 6.07) is 12.3. The zero-order chi connectivity index (χ0) is 12.3. The van der Waals surface area contributed by atoms with Crippen molar-refractivity contribution in [3.63, 3.8) is 0 Å². The molecule has 1 aromatic heterocycles. The Labute approximate surface area is 101 Å². The first-order valence-electron chi connectivity index (χ1n) is 5.60. The molecule has 2 rings (SSSR count). The molecule has 3 nitrogen and oxygen atoms in total. The second kappa shape index (κ2) is 4.78. The first-order valence-corrected chi connectivity index (χ1v) is 5.60. The average molecular weight is 227 g/mol. The molecule has 1 aromatic carbocycles. The van der Waals surface area contributed by atoms with Gasteiger partial charge in [-0.2, -0.15) is 0 Å². The number of aromatic nitrogens is 1. The summed E-state index contributed by atoms with van der Waals surface area (Å²) in [5.41, 5.74) is 15.6. The van der Waals surface area contributed by atoms with Crippen LogP contribution in [0.2, 0.25) is 0 Å². The van der Waals surface area contributed by atoms with Gasteiger partial charge in [0.25, 0.3) is 0 Å². The molecule has 0 spiro atoms. The molecule has 3 heteroatoms. The van der Waals surface area contributed by atoms with Crippen molar-refractivity contribution in [2.24, 2.45) is 5.73 Å². The summed E-state index contributed by atoms with van der Waals surface area (Å²) < 4.78 is 0. The topological polar surface area (TPSA) is 67.8 Å². The third kappa shape index (κ3) is 2.91. The zero-order valence-corrected chi connectivity index (χ0v) is 9.90. The summed E-state index contributed by atoms with van der Waals surface area (Å²) >= 11 is 0. The monoisotopic (exact) mass is 227 g/mol. The first kappa shape index (κ1) is 11.3. The van der Waals surface area contributed by atoms with Gasteiger partial charge in [-0.1, -0.05) is 30.3 Å². The van der Waals surface area contributed by atoms with Gasteiger partial charge in [-0.15, -0.1) is 0 Å². The van der Waals surface area contributed by atoms with Crippen molar-refractivity contribution in [2.75, 3.05) is 5.73 Å². The van der Waals surface area contributed by atoms with Crippen LogP contribution in [0.3, 0.4) is 0 Å². The number of rotatable bonds is 3. The number of nitrogens with two attached hydrogens (primary N) is 2. The lowest BCUT2D eigenvalue weighted by Crippen LogP contribution is -1.92. The minimum Gasteiger partial charge on any atom is -0.402 e. The van der Waals surface area contributed by atoms with Crippen LogP contribution in [-0.4, -0.2) is 4.98 Å². The van der Waals surface area contributed by atoms with Crippen LogP contribution in [0.4, 0.5) is 5.82 Å². The van der Waals surface area contributed by atoms with E-state index in [1.807, 2.05) is 37.3 Å². The molecule has 0 radical (unpaired) electrons. The Balaban J connectivity index is 2.21. The maximum Gasteiger partial charge on any atom is 0.108 e. The van der Waals surface area contributed by atoms with Crippen molar-refractivity contribution in [1.29, 1.82) is 0 Å². The van der Waals surface area contributed by atoms with E-state index >= 15 is 0 Å². The number of anilines is 1. The van der Waals surface area contributed by atoms with E-state index in [2.05, 4.69) is 17.1 Å². The lowest BCUT2D eigenvalue weighted by molar-refractivity contribution is 1.11. The van der Waals surface area contributed by atoms with E-state index in [0.29, 0.717) is 5.82 Å². The molecule has 1 heterocycles. The van der Waals surface area contributed by atoms with Gasteiger partial charge in [0.15, 0.2) is 0 Å². The molecule has 5 N–H and O–H groups in total. The second-order valence-electron chi connectivity index (χ2n) is 4.21. The Bertz CT molecular complexity index is 520. The maximum absolute atomic E-state index is 5.89. The number of H-pyrrole nitrogens is 1. The van der Waals surface area contributed by atoms with Gasteiger partial charge in [-0.3, -0.25) is 0 Å². The van der Waals surface area contributed by atoms with E-state index in [0.717, 1.165) is 23.4 Å². The van der Waals surface area contributed by atoms with Gasteiger partial charge in [-0.25, -0.2) is 0 Å². The Morgan fingerprint density at radius 3 is 2.65 bits per heavy atom. The summed E-state index contributed by atoms with van der Waals surface area (Å²) in [6.07, 6.45) is 2.73. The Morgan fingerprint density at radius 2 is 2.00 bits per heavy atom. The summed E-state index contributed by atoms with van der Waals surface area (Å²) in [5.74, 6) is 0.667. The molecule has 0 aliphatic carbocycles. The van der Waals surface area contributed by atoms with Crippen molar-refractivity contribution < 1.29 is 0 Å². The van der Waals surface area contributed by atoms with E-state index in [-0.39, 0.29) is 0 Å². The Morgan fingerprint density at radius 1 is 1.29 bits per heavy atom. The minimum atomic E-state index is 0.667. The van der Waals surface area contributed by atoms with Crippen LogP contribution in [0.15, 0.2) is 42.1 Å². The van der Waals surface area contributed by atoms with Gasteiger partial charge in [-0.05, 0) is 24.6 Å². The predicted molar refractivity (Wildman–Crippen MR) is 72.3 cm³/mol. The largest absolute Gasteiger partial charge is 0.402 e. The lowest BCUT2D eigenvalue weighted by atomic mass is 10.1. The van der Waals surface area contributed by atoms with Crippen LogP contribution in [0, 0.1) is 0 Å². The number of hydrogen-bond donors (Lipinski definition) is 3.